The molecule has 7 heteroatoms. The Balaban J connectivity index is 1.93. The first-order valence-corrected chi connectivity index (χ1v) is 12.0. The summed E-state index contributed by atoms with van der Waals surface area (Å²) in [7, 11) is -1.76. The molecular formula is C23H25N3O3S. The molecule has 0 saturated heterocycles. The molecule has 0 spiro atoms. The highest BCUT2D eigenvalue weighted by molar-refractivity contribution is 7.92. The van der Waals surface area contributed by atoms with E-state index in [9.17, 15) is 13.7 Å². The molecule has 30 heavy (non-hydrogen) atoms. The summed E-state index contributed by atoms with van der Waals surface area (Å²) in [6, 6.07) is 15.4. The minimum Gasteiger partial charge on any atom is -0.497 e. The normalized spacial score (nSPS) is 14.7. The number of sulfonamides is 1. The monoisotopic (exact) mass is 423 g/mol. The maximum absolute atomic E-state index is 11.7. The van der Waals surface area contributed by atoms with Crippen LogP contribution in [0.3, 0.4) is 0 Å². The molecule has 0 radical (unpaired) electrons. The first-order valence-electron chi connectivity index (χ1n) is 10.1. The summed E-state index contributed by atoms with van der Waals surface area (Å²) in [6.07, 6.45) is 5.97. The van der Waals surface area contributed by atoms with E-state index in [2.05, 4.69) is 15.4 Å². The van der Waals surface area contributed by atoms with Gasteiger partial charge in [-0.3, -0.25) is 4.72 Å². The molecule has 3 aromatic rings. The van der Waals surface area contributed by atoms with Crippen molar-refractivity contribution in [1.29, 1.82) is 5.26 Å². The van der Waals surface area contributed by atoms with Crippen molar-refractivity contribution in [3.05, 3.63) is 48.0 Å². The van der Waals surface area contributed by atoms with E-state index in [1.54, 1.807) is 19.2 Å². The van der Waals surface area contributed by atoms with Crippen molar-refractivity contribution in [2.45, 2.75) is 32.2 Å². The maximum Gasteiger partial charge on any atom is 0.229 e. The second-order valence-corrected chi connectivity index (χ2v) is 9.68. The van der Waals surface area contributed by atoms with E-state index in [1.165, 1.54) is 25.7 Å². The van der Waals surface area contributed by atoms with Crippen LogP contribution in [0.4, 0.5) is 5.69 Å². The van der Waals surface area contributed by atoms with Gasteiger partial charge in [0.15, 0.2) is 0 Å². The molecule has 1 heterocycles. The van der Waals surface area contributed by atoms with Gasteiger partial charge in [-0.15, -0.1) is 0 Å². The third-order valence-corrected chi connectivity index (χ3v) is 6.34. The molecule has 4 rings (SSSR count). The van der Waals surface area contributed by atoms with Gasteiger partial charge in [0, 0.05) is 29.2 Å². The molecule has 1 N–H and O–H groups in total. The van der Waals surface area contributed by atoms with Crippen LogP contribution in [0.25, 0.3) is 22.2 Å². The van der Waals surface area contributed by atoms with Crippen LogP contribution in [0, 0.1) is 17.2 Å². The lowest BCUT2D eigenvalue weighted by Gasteiger charge is -2.17. The SMILES string of the molecule is COc1ccc2c(C#N)c(-c3cccc(NS(C)(=O)=O)c3)n(CC3CCCC3)c2c1. The Hall–Kier alpha value is -2.98. The Morgan fingerprint density at radius 1 is 1.20 bits per heavy atom. The molecule has 2 aromatic carbocycles. The number of fused-ring (bicyclic) bond motifs is 1. The van der Waals surface area contributed by atoms with Crippen molar-refractivity contribution in [2.24, 2.45) is 5.92 Å². The highest BCUT2D eigenvalue weighted by Gasteiger charge is 2.23. The lowest BCUT2D eigenvalue weighted by Crippen LogP contribution is -2.10. The van der Waals surface area contributed by atoms with Crippen molar-refractivity contribution in [3.8, 4) is 23.1 Å². The third kappa shape index (κ3) is 4.01. The molecule has 1 aliphatic carbocycles. The average molecular weight is 424 g/mol. The van der Waals surface area contributed by atoms with E-state index >= 15 is 0 Å². The lowest BCUT2D eigenvalue weighted by molar-refractivity contribution is 0.415. The fourth-order valence-corrected chi connectivity index (χ4v) is 5.01. The molecule has 1 aromatic heterocycles. The number of benzene rings is 2. The van der Waals surface area contributed by atoms with E-state index in [1.807, 2.05) is 30.3 Å². The number of nitriles is 1. The van der Waals surface area contributed by atoms with Gasteiger partial charge in [0.2, 0.25) is 10.0 Å². The van der Waals surface area contributed by atoms with E-state index < -0.39 is 10.0 Å². The Morgan fingerprint density at radius 3 is 2.63 bits per heavy atom. The van der Waals surface area contributed by atoms with E-state index in [0.717, 1.165) is 40.7 Å². The molecule has 0 amide bonds. The summed E-state index contributed by atoms with van der Waals surface area (Å²) in [4.78, 5) is 0. The second-order valence-electron chi connectivity index (χ2n) is 7.93. The highest BCUT2D eigenvalue weighted by atomic mass is 32.2. The van der Waals surface area contributed by atoms with E-state index in [-0.39, 0.29) is 0 Å². The number of anilines is 1. The van der Waals surface area contributed by atoms with Crippen LogP contribution in [0.15, 0.2) is 42.5 Å². The van der Waals surface area contributed by atoms with Gasteiger partial charge in [-0.25, -0.2) is 8.42 Å². The fourth-order valence-electron chi connectivity index (χ4n) is 4.45. The molecular weight excluding hydrogens is 398 g/mol. The van der Waals surface area contributed by atoms with Crippen LogP contribution in [0.2, 0.25) is 0 Å². The van der Waals surface area contributed by atoms with Crippen LogP contribution in [-0.2, 0) is 16.6 Å². The number of aromatic nitrogens is 1. The van der Waals surface area contributed by atoms with Gasteiger partial charge in [-0.2, -0.15) is 5.26 Å². The van der Waals surface area contributed by atoms with Gasteiger partial charge in [-0.05, 0) is 43.0 Å². The van der Waals surface area contributed by atoms with Crippen molar-refractivity contribution in [3.63, 3.8) is 0 Å². The molecule has 0 atom stereocenters. The van der Waals surface area contributed by atoms with E-state index in [4.69, 9.17) is 4.74 Å². The molecule has 6 nitrogen and oxygen atoms in total. The first kappa shape index (κ1) is 20.3. The molecule has 0 unspecified atom stereocenters. The third-order valence-electron chi connectivity index (χ3n) is 5.74. The summed E-state index contributed by atoms with van der Waals surface area (Å²) >= 11 is 0. The second kappa shape index (κ2) is 8.04. The molecule has 0 aliphatic heterocycles. The zero-order chi connectivity index (χ0) is 21.3. The summed E-state index contributed by atoms with van der Waals surface area (Å²) in [6.45, 7) is 0.824. The summed E-state index contributed by atoms with van der Waals surface area (Å²) in [5, 5.41) is 10.9. The Morgan fingerprint density at radius 2 is 1.97 bits per heavy atom. The predicted molar refractivity (Wildman–Crippen MR) is 119 cm³/mol. The minimum atomic E-state index is -3.39. The Kier molecular flexibility index (Phi) is 5.44. The summed E-state index contributed by atoms with van der Waals surface area (Å²) in [5.74, 6) is 1.31. The van der Waals surface area contributed by atoms with Crippen molar-refractivity contribution >= 4 is 26.6 Å². The number of hydrogen-bond acceptors (Lipinski definition) is 4. The van der Waals surface area contributed by atoms with Crippen LogP contribution in [0.1, 0.15) is 31.2 Å². The average Bonchev–Trinajstić information content (AvgIpc) is 3.32. The van der Waals surface area contributed by atoms with E-state index in [0.29, 0.717) is 17.2 Å². The molecule has 1 aliphatic rings. The smallest absolute Gasteiger partial charge is 0.229 e. The Labute approximate surface area is 177 Å². The van der Waals surface area contributed by atoms with Gasteiger partial charge in [0.25, 0.3) is 0 Å². The zero-order valence-electron chi connectivity index (χ0n) is 17.2. The number of ether oxygens (including phenoxy) is 1. The number of methoxy groups -OCH3 is 1. The molecule has 1 saturated carbocycles. The van der Waals surface area contributed by atoms with Crippen molar-refractivity contribution in [1.82, 2.24) is 4.57 Å². The molecule has 156 valence electrons. The topological polar surface area (TPSA) is 84.1 Å². The molecule has 0 bridgehead atoms. The lowest BCUT2D eigenvalue weighted by atomic mass is 10.0. The zero-order valence-corrected chi connectivity index (χ0v) is 18.0. The summed E-state index contributed by atoms with van der Waals surface area (Å²) in [5.41, 5.74) is 3.68. The standard InChI is InChI=1S/C23H25N3O3S/c1-29-19-10-11-20-21(14-24)23(17-8-5-9-18(12-17)25-30(2,27)28)26(22(20)13-19)15-16-6-3-4-7-16/h5,8-13,16,25H,3-4,6-7,15H2,1-2H3. The van der Waals surface area contributed by atoms with Gasteiger partial charge in [-0.1, -0.05) is 25.0 Å². The van der Waals surface area contributed by atoms with Gasteiger partial charge < -0.3 is 9.30 Å². The number of hydrogen-bond donors (Lipinski definition) is 1. The predicted octanol–water partition coefficient (Wildman–Crippen LogP) is 4.75. The number of rotatable bonds is 6. The van der Waals surface area contributed by atoms with Crippen LogP contribution in [-0.4, -0.2) is 26.4 Å². The largest absolute Gasteiger partial charge is 0.497 e. The van der Waals surface area contributed by atoms with Gasteiger partial charge in [0.05, 0.1) is 30.1 Å². The van der Waals surface area contributed by atoms with Crippen LogP contribution >= 0.6 is 0 Å². The first-order chi connectivity index (χ1) is 14.4. The van der Waals surface area contributed by atoms with Crippen LogP contribution in [0.5, 0.6) is 5.75 Å². The summed E-state index contributed by atoms with van der Waals surface area (Å²) < 4.78 is 33.6. The number of nitrogens with zero attached hydrogens (tertiary/aromatic N) is 2. The van der Waals surface area contributed by atoms with Crippen molar-refractivity contribution < 1.29 is 13.2 Å². The number of nitrogens with one attached hydrogen (secondary N) is 1. The van der Waals surface area contributed by atoms with Crippen molar-refractivity contribution in [2.75, 3.05) is 18.1 Å². The Bertz CT molecular complexity index is 1230. The minimum absolute atomic E-state index is 0.481. The van der Waals surface area contributed by atoms with Gasteiger partial charge >= 0.3 is 0 Å². The highest BCUT2D eigenvalue weighted by Crippen LogP contribution is 2.38. The van der Waals surface area contributed by atoms with Gasteiger partial charge in [0.1, 0.15) is 11.8 Å². The molecule has 1 fully saturated rings. The van der Waals surface area contributed by atoms with Crippen LogP contribution < -0.4 is 9.46 Å². The quantitative estimate of drug-likeness (QED) is 0.620. The fraction of sp³-hybridized carbons (Fsp3) is 0.348. The maximum atomic E-state index is 11.7.